The normalized spacial score (nSPS) is 15.4. The van der Waals surface area contributed by atoms with E-state index in [1.807, 2.05) is 0 Å². The van der Waals surface area contributed by atoms with E-state index in [0.29, 0.717) is 18.8 Å². The minimum atomic E-state index is -0.240. The minimum Gasteiger partial charge on any atom is -0.356 e. The molecule has 0 unspecified atom stereocenters. The second-order valence-electron chi connectivity index (χ2n) is 4.45. The molecule has 1 aliphatic heterocycles. The van der Waals surface area contributed by atoms with Crippen LogP contribution in [0.3, 0.4) is 0 Å². The van der Waals surface area contributed by atoms with Crippen LogP contribution in [-0.2, 0) is 11.2 Å². The number of carbonyl (C=O) groups excluding carboxylic acids is 1. The van der Waals surface area contributed by atoms with Gasteiger partial charge >= 0.3 is 0 Å². The van der Waals surface area contributed by atoms with Crippen molar-refractivity contribution >= 4 is 5.91 Å². The maximum Gasteiger partial charge on any atom is 0.220 e. The Morgan fingerprint density at radius 3 is 2.65 bits per heavy atom. The molecule has 1 amide bonds. The maximum atomic E-state index is 12.7. The lowest BCUT2D eigenvalue weighted by atomic mass is 10.0. The number of aryl methyl sites for hydroxylation is 1. The van der Waals surface area contributed by atoms with Crippen molar-refractivity contribution in [2.45, 2.75) is 12.8 Å². The highest BCUT2D eigenvalue weighted by atomic mass is 19.1. The number of carbonyl (C=O) groups is 1. The highest BCUT2D eigenvalue weighted by Gasteiger charge is 2.16. The molecule has 0 aliphatic carbocycles. The summed E-state index contributed by atoms with van der Waals surface area (Å²) in [5.41, 5.74) is 0.992. The first kappa shape index (κ1) is 12.0. The van der Waals surface area contributed by atoms with Crippen LogP contribution in [0.25, 0.3) is 0 Å². The van der Waals surface area contributed by atoms with Crippen LogP contribution in [0.1, 0.15) is 12.0 Å². The van der Waals surface area contributed by atoms with Crippen molar-refractivity contribution in [3.63, 3.8) is 0 Å². The number of hydrogen-bond acceptors (Lipinski definition) is 2. The van der Waals surface area contributed by atoms with E-state index in [0.717, 1.165) is 25.2 Å². The van der Waals surface area contributed by atoms with Crippen molar-refractivity contribution in [2.75, 3.05) is 19.6 Å². The number of nitrogens with one attached hydrogen (secondary N) is 2. The zero-order chi connectivity index (χ0) is 12.1. The molecule has 2 N–H and O–H groups in total. The van der Waals surface area contributed by atoms with Gasteiger partial charge < -0.3 is 10.6 Å². The third-order valence-electron chi connectivity index (χ3n) is 3.01. The molecule has 0 aromatic heterocycles. The highest BCUT2D eigenvalue weighted by Crippen LogP contribution is 2.05. The molecule has 4 heteroatoms. The molecule has 0 spiro atoms. The lowest BCUT2D eigenvalue weighted by Gasteiger charge is -2.27. The Morgan fingerprint density at radius 2 is 2.06 bits per heavy atom. The van der Waals surface area contributed by atoms with E-state index in [9.17, 15) is 9.18 Å². The minimum absolute atomic E-state index is 0.0706. The summed E-state index contributed by atoms with van der Waals surface area (Å²) in [5, 5.41) is 6.07. The highest BCUT2D eigenvalue weighted by molar-refractivity contribution is 5.76. The molecule has 1 heterocycles. The van der Waals surface area contributed by atoms with Crippen LogP contribution in [0.2, 0.25) is 0 Å². The smallest absolute Gasteiger partial charge is 0.220 e. The molecule has 92 valence electrons. The summed E-state index contributed by atoms with van der Waals surface area (Å²) < 4.78 is 12.7. The van der Waals surface area contributed by atoms with Crippen LogP contribution < -0.4 is 10.6 Å². The molecule has 1 aliphatic rings. The maximum absolute atomic E-state index is 12.7. The van der Waals surface area contributed by atoms with Gasteiger partial charge in [-0.2, -0.15) is 0 Å². The van der Waals surface area contributed by atoms with Gasteiger partial charge in [-0.15, -0.1) is 0 Å². The van der Waals surface area contributed by atoms with Gasteiger partial charge in [-0.05, 0) is 24.1 Å². The fourth-order valence-electron chi connectivity index (χ4n) is 1.75. The van der Waals surface area contributed by atoms with Crippen LogP contribution in [0.4, 0.5) is 4.39 Å². The van der Waals surface area contributed by atoms with E-state index in [4.69, 9.17) is 0 Å². The third-order valence-corrected chi connectivity index (χ3v) is 3.01. The fourth-order valence-corrected chi connectivity index (χ4v) is 1.75. The summed E-state index contributed by atoms with van der Waals surface area (Å²) >= 11 is 0. The molecule has 1 aromatic carbocycles. The van der Waals surface area contributed by atoms with Crippen LogP contribution in [-0.4, -0.2) is 25.5 Å². The van der Waals surface area contributed by atoms with Gasteiger partial charge in [-0.3, -0.25) is 4.79 Å². The number of rotatable bonds is 5. The SMILES string of the molecule is O=C(CCc1ccc(F)cc1)NCC1CNC1. The monoisotopic (exact) mass is 236 g/mol. The van der Waals surface area contributed by atoms with Gasteiger partial charge in [0.05, 0.1) is 0 Å². The second-order valence-corrected chi connectivity index (χ2v) is 4.45. The molecule has 0 saturated carbocycles. The summed E-state index contributed by atoms with van der Waals surface area (Å²) in [6.45, 7) is 2.76. The molecule has 3 nitrogen and oxygen atoms in total. The van der Waals surface area contributed by atoms with Crippen molar-refractivity contribution in [3.8, 4) is 0 Å². The van der Waals surface area contributed by atoms with Crippen LogP contribution in [0.5, 0.6) is 0 Å². The fraction of sp³-hybridized carbons (Fsp3) is 0.462. The predicted octanol–water partition coefficient (Wildman–Crippen LogP) is 1.09. The largest absolute Gasteiger partial charge is 0.356 e. The Kier molecular flexibility index (Phi) is 4.09. The summed E-state index contributed by atoms with van der Waals surface area (Å²) in [4.78, 5) is 11.5. The summed E-state index contributed by atoms with van der Waals surface area (Å²) in [6.07, 6.45) is 1.13. The number of amides is 1. The molecule has 0 bridgehead atoms. The van der Waals surface area contributed by atoms with Crippen molar-refractivity contribution < 1.29 is 9.18 Å². The van der Waals surface area contributed by atoms with Crippen LogP contribution in [0.15, 0.2) is 24.3 Å². The zero-order valence-corrected chi connectivity index (χ0v) is 9.71. The first-order chi connectivity index (χ1) is 8.24. The first-order valence-corrected chi connectivity index (χ1v) is 5.96. The summed E-state index contributed by atoms with van der Waals surface area (Å²) in [6, 6.07) is 6.29. The van der Waals surface area contributed by atoms with Crippen LogP contribution in [0, 0.1) is 11.7 Å². The Balaban J connectivity index is 1.66. The predicted molar refractivity (Wildman–Crippen MR) is 64.1 cm³/mol. The van der Waals surface area contributed by atoms with E-state index in [1.165, 1.54) is 12.1 Å². The molecule has 1 fully saturated rings. The second kappa shape index (κ2) is 5.77. The van der Waals surface area contributed by atoms with Gasteiger partial charge in [0, 0.05) is 32.0 Å². The summed E-state index contributed by atoms with van der Waals surface area (Å²) in [7, 11) is 0. The van der Waals surface area contributed by atoms with Crippen molar-refractivity contribution in [2.24, 2.45) is 5.92 Å². The van der Waals surface area contributed by atoms with E-state index >= 15 is 0 Å². The Labute approximate surface area is 100 Å². The van der Waals surface area contributed by atoms with Gasteiger partial charge in [0.15, 0.2) is 0 Å². The van der Waals surface area contributed by atoms with Crippen molar-refractivity contribution in [3.05, 3.63) is 35.6 Å². The van der Waals surface area contributed by atoms with Gasteiger partial charge in [-0.25, -0.2) is 4.39 Å². The Morgan fingerprint density at radius 1 is 1.35 bits per heavy atom. The molecule has 17 heavy (non-hydrogen) atoms. The average molecular weight is 236 g/mol. The Bertz CT molecular complexity index is 374. The van der Waals surface area contributed by atoms with Gasteiger partial charge in [0.1, 0.15) is 5.82 Å². The Hall–Kier alpha value is -1.42. The van der Waals surface area contributed by atoms with Gasteiger partial charge in [-0.1, -0.05) is 12.1 Å². The average Bonchev–Trinajstić information content (AvgIpc) is 2.26. The molecule has 2 rings (SSSR count). The molecular formula is C13H17FN2O. The molecule has 0 atom stereocenters. The number of hydrogen-bond donors (Lipinski definition) is 2. The zero-order valence-electron chi connectivity index (χ0n) is 9.71. The quantitative estimate of drug-likeness (QED) is 0.803. The van der Waals surface area contributed by atoms with Crippen molar-refractivity contribution in [1.82, 2.24) is 10.6 Å². The summed E-state index contributed by atoms with van der Waals surface area (Å²) in [5.74, 6) is 0.418. The van der Waals surface area contributed by atoms with Gasteiger partial charge in [0.2, 0.25) is 5.91 Å². The molecular weight excluding hydrogens is 219 g/mol. The van der Waals surface area contributed by atoms with Crippen LogP contribution >= 0.6 is 0 Å². The van der Waals surface area contributed by atoms with Gasteiger partial charge in [0.25, 0.3) is 0 Å². The van der Waals surface area contributed by atoms with E-state index < -0.39 is 0 Å². The first-order valence-electron chi connectivity index (χ1n) is 5.96. The standard InChI is InChI=1S/C13H17FN2O/c14-12-4-1-10(2-5-12)3-6-13(17)16-9-11-7-15-8-11/h1-2,4-5,11,15H,3,6-9H2,(H,16,17). The number of benzene rings is 1. The molecule has 0 radical (unpaired) electrons. The molecule has 1 saturated heterocycles. The topological polar surface area (TPSA) is 41.1 Å². The molecule has 1 aromatic rings. The van der Waals surface area contributed by atoms with E-state index in [-0.39, 0.29) is 11.7 Å². The number of halogens is 1. The van der Waals surface area contributed by atoms with Crippen molar-refractivity contribution in [1.29, 1.82) is 0 Å². The third kappa shape index (κ3) is 3.82. The van der Waals surface area contributed by atoms with E-state index in [1.54, 1.807) is 12.1 Å². The lowest BCUT2D eigenvalue weighted by Crippen LogP contribution is -2.48. The lowest BCUT2D eigenvalue weighted by molar-refractivity contribution is -0.121. The van der Waals surface area contributed by atoms with E-state index in [2.05, 4.69) is 10.6 Å².